The molecule has 9 rings (SSSR count). The van der Waals surface area contributed by atoms with Crippen LogP contribution in [0.1, 0.15) is 12.0 Å². The van der Waals surface area contributed by atoms with Crippen LogP contribution < -0.4 is 29.7 Å². The summed E-state index contributed by atoms with van der Waals surface area (Å²) in [5.74, 6) is 2.01. The van der Waals surface area contributed by atoms with Gasteiger partial charge in [0, 0.05) is 89.9 Å². The molecule has 1 fully saturated rings. The first-order valence-corrected chi connectivity index (χ1v) is 23.9. The second-order valence-corrected chi connectivity index (χ2v) is 18.9. The standard InChI is InChI=1S/C48H45ClN8O6S2/c49-35-12-10-33(11-13-35)41-9-5-4-6-34(41)29-55-22-24-56(25-23-55)38-15-17-42-44(27-38)51-31-52-48(42)54-65(60,61)40-16-18-43(45(28-40)57(58)59)53-37(30-64-39-7-2-1-3-8-39)20-21-50-36-14-19-46-47(26-36)63-32-62-46/h1-19,26-28,31,37,50,53H,20-25,29-30,32H2,(H,51,52,54). The lowest BCUT2D eigenvalue weighted by Gasteiger charge is -2.36. The number of nitro groups is 1. The van der Waals surface area contributed by atoms with Gasteiger partial charge in [0.15, 0.2) is 17.3 Å². The number of aromatic nitrogens is 2. The van der Waals surface area contributed by atoms with Crippen LogP contribution in [0.3, 0.4) is 0 Å². The third-order valence-corrected chi connectivity index (χ3v) is 14.1. The zero-order valence-corrected chi connectivity index (χ0v) is 37.5. The summed E-state index contributed by atoms with van der Waals surface area (Å²) in [7, 11) is -4.31. The number of ether oxygens (including phenoxy) is 2. The van der Waals surface area contributed by atoms with Crippen LogP contribution in [0.2, 0.25) is 5.02 Å². The number of hydrogen-bond donors (Lipinski definition) is 3. The summed E-state index contributed by atoms with van der Waals surface area (Å²) in [6.07, 6.45) is 1.90. The lowest BCUT2D eigenvalue weighted by Crippen LogP contribution is -2.46. The molecule has 3 N–H and O–H groups in total. The Hall–Kier alpha value is -6.59. The molecule has 0 amide bonds. The fourth-order valence-corrected chi connectivity index (χ4v) is 10.1. The van der Waals surface area contributed by atoms with E-state index in [-0.39, 0.29) is 34.9 Å². The van der Waals surface area contributed by atoms with Gasteiger partial charge >= 0.3 is 0 Å². The van der Waals surface area contributed by atoms with Gasteiger partial charge in [-0.3, -0.25) is 19.7 Å². The molecule has 0 radical (unpaired) electrons. The highest BCUT2D eigenvalue weighted by molar-refractivity contribution is 7.99. The maximum atomic E-state index is 13.9. The molecule has 7 aromatic rings. The van der Waals surface area contributed by atoms with Gasteiger partial charge < -0.3 is 25.0 Å². The van der Waals surface area contributed by atoms with Crippen molar-refractivity contribution < 1.29 is 22.8 Å². The zero-order valence-electron chi connectivity index (χ0n) is 35.1. The predicted molar refractivity (Wildman–Crippen MR) is 258 cm³/mol. The van der Waals surface area contributed by atoms with Crippen molar-refractivity contribution in [2.75, 3.05) is 65.5 Å². The van der Waals surface area contributed by atoms with E-state index < -0.39 is 14.9 Å². The normalized spacial score (nSPS) is 14.3. The van der Waals surface area contributed by atoms with Crippen molar-refractivity contribution in [1.82, 2.24) is 14.9 Å². The summed E-state index contributed by atoms with van der Waals surface area (Å²) in [6, 6.07) is 41.2. The third-order valence-electron chi connectivity index (χ3n) is 11.4. The number of hydrogen-bond acceptors (Lipinski definition) is 13. The molecule has 1 saturated heterocycles. The molecule has 6 aromatic carbocycles. The van der Waals surface area contributed by atoms with Crippen molar-refractivity contribution in [1.29, 1.82) is 0 Å². The first kappa shape index (κ1) is 43.7. The number of nitrogens with zero attached hydrogens (tertiary/aromatic N) is 5. The highest BCUT2D eigenvalue weighted by atomic mass is 35.5. The average Bonchev–Trinajstić information content (AvgIpc) is 3.80. The number of piperazine rings is 1. The van der Waals surface area contributed by atoms with Crippen molar-refractivity contribution >= 4 is 72.9 Å². The van der Waals surface area contributed by atoms with Crippen LogP contribution in [0.5, 0.6) is 11.5 Å². The summed E-state index contributed by atoms with van der Waals surface area (Å²) < 4.78 is 41.3. The molecule has 0 spiro atoms. The predicted octanol–water partition coefficient (Wildman–Crippen LogP) is 9.79. The summed E-state index contributed by atoms with van der Waals surface area (Å²) in [5, 5.41) is 20.5. The fourth-order valence-electron chi connectivity index (χ4n) is 7.96. The highest BCUT2D eigenvalue weighted by Gasteiger charge is 2.25. The number of nitrogens with one attached hydrogen (secondary N) is 3. The van der Waals surface area contributed by atoms with Crippen LogP contribution >= 0.6 is 23.4 Å². The molecule has 2 aliphatic heterocycles. The second kappa shape index (κ2) is 19.7. The van der Waals surface area contributed by atoms with Gasteiger partial charge in [-0.25, -0.2) is 18.4 Å². The van der Waals surface area contributed by atoms with Gasteiger partial charge in [0.25, 0.3) is 15.7 Å². The molecule has 1 aromatic heterocycles. The topological polar surface area (TPSA) is 164 Å². The van der Waals surface area contributed by atoms with Gasteiger partial charge in [0.2, 0.25) is 6.79 Å². The number of fused-ring (bicyclic) bond motifs is 2. The number of halogens is 1. The number of anilines is 4. The highest BCUT2D eigenvalue weighted by Crippen LogP contribution is 2.35. The minimum Gasteiger partial charge on any atom is -0.454 e. The molecule has 14 nitrogen and oxygen atoms in total. The average molecular weight is 930 g/mol. The van der Waals surface area contributed by atoms with Gasteiger partial charge in [-0.15, -0.1) is 11.8 Å². The van der Waals surface area contributed by atoms with Crippen LogP contribution in [0.25, 0.3) is 22.0 Å². The van der Waals surface area contributed by atoms with Crippen molar-refractivity contribution in [2.45, 2.75) is 28.8 Å². The summed E-state index contributed by atoms with van der Waals surface area (Å²) >= 11 is 7.77. The van der Waals surface area contributed by atoms with Crippen LogP contribution in [-0.4, -0.2) is 79.5 Å². The molecular formula is C48H45ClN8O6S2. The van der Waals surface area contributed by atoms with E-state index in [0.29, 0.717) is 46.1 Å². The number of rotatable bonds is 17. The third kappa shape index (κ3) is 10.5. The zero-order chi connectivity index (χ0) is 44.8. The van der Waals surface area contributed by atoms with E-state index in [9.17, 15) is 18.5 Å². The number of nitro benzene ring substituents is 1. The number of benzene rings is 6. The Balaban J connectivity index is 0.861. The Morgan fingerprint density at radius 2 is 1.62 bits per heavy atom. The molecule has 0 bridgehead atoms. The molecule has 0 saturated carbocycles. The molecule has 3 heterocycles. The second-order valence-electron chi connectivity index (χ2n) is 15.6. The van der Waals surface area contributed by atoms with Gasteiger partial charge in [0.1, 0.15) is 12.0 Å². The van der Waals surface area contributed by atoms with E-state index in [0.717, 1.165) is 60.6 Å². The minimum atomic E-state index is -4.31. The smallest absolute Gasteiger partial charge is 0.293 e. The van der Waals surface area contributed by atoms with Crippen molar-refractivity contribution in [3.63, 3.8) is 0 Å². The van der Waals surface area contributed by atoms with E-state index in [2.05, 4.69) is 71.5 Å². The molecular weight excluding hydrogens is 884 g/mol. The lowest BCUT2D eigenvalue weighted by molar-refractivity contribution is -0.384. The molecule has 2 aliphatic rings. The van der Waals surface area contributed by atoms with Crippen LogP contribution in [0.4, 0.5) is 28.6 Å². The Morgan fingerprint density at radius 1 is 0.831 bits per heavy atom. The summed E-state index contributed by atoms with van der Waals surface area (Å²) in [5.41, 5.74) is 5.80. The SMILES string of the molecule is O=[N+]([O-])c1cc(S(=O)(=O)Nc2ncnc3cc(N4CCN(Cc5ccccc5-c5ccc(Cl)cc5)CC4)ccc23)ccc1NC(CCNc1ccc2c(c1)OCO2)CSc1ccccc1. The monoisotopic (exact) mass is 928 g/mol. The van der Waals surface area contributed by atoms with Crippen molar-refractivity contribution in [3.8, 4) is 22.6 Å². The van der Waals surface area contributed by atoms with E-state index in [1.165, 1.54) is 29.6 Å². The van der Waals surface area contributed by atoms with Gasteiger partial charge in [0.05, 0.1) is 15.3 Å². The largest absolute Gasteiger partial charge is 0.454 e. The fraction of sp³-hybridized carbons (Fsp3) is 0.208. The minimum absolute atomic E-state index is 0.0727. The molecule has 1 atom stereocenters. The Kier molecular flexibility index (Phi) is 13.2. The molecule has 65 heavy (non-hydrogen) atoms. The van der Waals surface area contributed by atoms with Crippen LogP contribution in [-0.2, 0) is 16.6 Å². The maximum absolute atomic E-state index is 13.9. The van der Waals surface area contributed by atoms with E-state index in [1.54, 1.807) is 11.8 Å². The van der Waals surface area contributed by atoms with Gasteiger partial charge in [-0.1, -0.05) is 66.2 Å². The molecule has 1 unspecified atom stereocenters. The van der Waals surface area contributed by atoms with E-state index >= 15 is 0 Å². The Bertz CT molecular complexity index is 2920. The van der Waals surface area contributed by atoms with Crippen molar-refractivity contribution in [3.05, 3.63) is 160 Å². The number of sulfonamides is 1. The summed E-state index contributed by atoms with van der Waals surface area (Å²) in [6.45, 7) is 4.85. The Labute approximate surface area is 386 Å². The van der Waals surface area contributed by atoms with E-state index in [4.69, 9.17) is 21.1 Å². The van der Waals surface area contributed by atoms with Crippen molar-refractivity contribution in [2.24, 2.45) is 0 Å². The summed E-state index contributed by atoms with van der Waals surface area (Å²) in [4.78, 5) is 26.2. The quantitative estimate of drug-likeness (QED) is 0.0450. The van der Waals surface area contributed by atoms with Crippen LogP contribution in [0, 0.1) is 10.1 Å². The number of thioether (sulfide) groups is 1. The van der Waals surface area contributed by atoms with Gasteiger partial charge in [-0.2, -0.15) is 0 Å². The van der Waals surface area contributed by atoms with Gasteiger partial charge in [-0.05, 0) is 89.8 Å². The Morgan fingerprint density at radius 3 is 2.43 bits per heavy atom. The first-order valence-electron chi connectivity index (χ1n) is 21.1. The lowest BCUT2D eigenvalue weighted by atomic mass is 9.99. The maximum Gasteiger partial charge on any atom is 0.293 e. The van der Waals surface area contributed by atoms with Crippen LogP contribution in [0.15, 0.2) is 150 Å². The molecule has 17 heteroatoms. The van der Waals surface area contributed by atoms with E-state index in [1.807, 2.05) is 78.9 Å². The molecule has 0 aliphatic carbocycles. The molecule has 332 valence electrons. The first-order chi connectivity index (χ1) is 31.6.